The molecule has 3 aromatic rings. The Morgan fingerprint density at radius 2 is 1.45 bits per heavy atom. The number of rotatable bonds is 2. The SMILES string of the molecule is Cc1ccc(NC(=O)C23CCC(C)(c4nc5cc(C)c(C)cc5nc42)C3(C)C)c(C)c1. The van der Waals surface area contributed by atoms with Crippen LogP contribution in [0.15, 0.2) is 30.3 Å². The van der Waals surface area contributed by atoms with E-state index < -0.39 is 5.41 Å². The fourth-order valence-corrected chi connectivity index (χ4v) is 6.04. The molecular weight excluding hydrogens is 382 g/mol. The van der Waals surface area contributed by atoms with E-state index in [4.69, 9.17) is 9.97 Å². The molecule has 4 heteroatoms. The van der Waals surface area contributed by atoms with Crippen LogP contribution < -0.4 is 5.32 Å². The van der Waals surface area contributed by atoms with E-state index in [2.05, 4.69) is 65.1 Å². The lowest BCUT2D eigenvalue weighted by atomic mass is 9.63. The Morgan fingerprint density at radius 1 is 0.839 bits per heavy atom. The van der Waals surface area contributed by atoms with E-state index in [0.29, 0.717) is 0 Å². The Hall–Kier alpha value is -2.75. The highest BCUT2D eigenvalue weighted by atomic mass is 16.2. The maximum Gasteiger partial charge on any atom is 0.237 e. The summed E-state index contributed by atoms with van der Waals surface area (Å²) in [5.41, 5.74) is 8.11. The molecule has 2 unspecified atom stereocenters. The fourth-order valence-electron chi connectivity index (χ4n) is 6.04. The molecule has 160 valence electrons. The van der Waals surface area contributed by atoms with Crippen LogP contribution in [0.3, 0.4) is 0 Å². The zero-order chi connectivity index (χ0) is 22.3. The minimum atomic E-state index is -0.686. The predicted octanol–water partition coefficient (Wildman–Crippen LogP) is 5.83. The van der Waals surface area contributed by atoms with Crippen molar-refractivity contribution in [3.8, 4) is 0 Å². The molecule has 0 aliphatic heterocycles. The zero-order valence-electron chi connectivity index (χ0n) is 19.6. The van der Waals surface area contributed by atoms with Gasteiger partial charge in [0.25, 0.3) is 0 Å². The quantitative estimate of drug-likeness (QED) is 0.575. The first-order chi connectivity index (χ1) is 14.5. The van der Waals surface area contributed by atoms with Gasteiger partial charge >= 0.3 is 0 Å². The van der Waals surface area contributed by atoms with Crippen molar-refractivity contribution < 1.29 is 4.79 Å². The summed E-state index contributed by atoms with van der Waals surface area (Å²) >= 11 is 0. The summed E-state index contributed by atoms with van der Waals surface area (Å²) in [4.78, 5) is 24.3. The van der Waals surface area contributed by atoms with E-state index in [9.17, 15) is 4.79 Å². The van der Waals surface area contributed by atoms with E-state index in [1.54, 1.807) is 0 Å². The monoisotopic (exact) mass is 413 g/mol. The second-order valence-corrected chi connectivity index (χ2v) is 10.5. The standard InChI is InChI=1S/C27H31N3O/c1-15-8-9-19(18(4)12-15)30-24(31)27-11-10-26(7,25(27,5)6)22-23(27)29-21-14-17(3)16(2)13-20(21)28-22/h8-9,12-14H,10-11H2,1-7H3,(H,30,31). The van der Waals surface area contributed by atoms with Crippen LogP contribution in [0.25, 0.3) is 11.0 Å². The van der Waals surface area contributed by atoms with E-state index in [1.165, 1.54) is 16.7 Å². The lowest BCUT2D eigenvalue weighted by Gasteiger charge is -2.39. The van der Waals surface area contributed by atoms with Gasteiger partial charge < -0.3 is 5.32 Å². The number of anilines is 1. The number of carbonyl (C=O) groups is 1. The second kappa shape index (κ2) is 6.15. The second-order valence-electron chi connectivity index (χ2n) is 10.5. The number of fused-ring (bicyclic) bond motifs is 6. The van der Waals surface area contributed by atoms with Crippen molar-refractivity contribution in [1.29, 1.82) is 0 Å². The van der Waals surface area contributed by atoms with Crippen LogP contribution in [0.2, 0.25) is 0 Å². The molecule has 2 aliphatic carbocycles. The van der Waals surface area contributed by atoms with Crippen LogP contribution >= 0.6 is 0 Å². The van der Waals surface area contributed by atoms with Crippen LogP contribution in [-0.2, 0) is 15.6 Å². The number of aromatic nitrogens is 2. The van der Waals surface area contributed by atoms with E-state index in [-0.39, 0.29) is 16.7 Å². The number of aryl methyl sites for hydroxylation is 4. The van der Waals surface area contributed by atoms with Gasteiger partial charge in [-0.3, -0.25) is 4.79 Å². The van der Waals surface area contributed by atoms with Gasteiger partial charge in [-0.15, -0.1) is 0 Å². The summed E-state index contributed by atoms with van der Waals surface area (Å²) in [5.74, 6) is 0.0458. The molecule has 1 N–H and O–H groups in total. The summed E-state index contributed by atoms with van der Waals surface area (Å²) in [5, 5.41) is 3.27. The Kier molecular flexibility index (Phi) is 4.00. The third-order valence-electron chi connectivity index (χ3n) is 8.67. The summed E-state index contributed by atoms with van der Waals surface area (Å²) in [6.07, 6.45) is 1.74. The average Bonchev–Trinajstić information content (AvgIpc) is 2.99. The van der Waals surface area contributed by atoms with Gasteiger partial charge in [0.05, 0.1) is 27.8 Å². The highest BCUT2D eigenvalue weighted by molar-refractivity contribution is 6.02. The number of carbonyl (C=O) groups excluding carboxylic acids is 1. The van der Waals surface area contributed by atoms with Crippen molar-refractivity contribution in [2.24, 2.45) is 5.41 Å². The zero-order valence-corrected chi connectivity index (χ0v) is 19.6. The predicted molar refractivity (Wildman–Crippen MR) is 126 cm³/mol. The molecule has 5 rings (SSSR count). The Balaban J connectivity index is 1.71. The topological polar surface area (TPSA) is 54.9 Å². The van der Waals surface area contributed by atoms with Crippen molar-refractivity contribution in [2.45, 2.75) is 72.1 Å². The third-order valence-corrected chi connectivity index (χ3v) is 8.67. The molecule has 2 aliphatic rings. The molecule has 2 atom stereocenters. The fraction of sp³-hybridized carbons (Fsp3) is 0.444. The molecule has 0 spiro atoms. The molecule has 1 heterocycles. The van der Waals surface area contributed by atoms with Crippen LogP contribution in [-0.4, -0.2) is 15.9 Å². The molecule has 31 heavy (non-hydrogen) atoms. The molecule has 1 aromatic heterocycles. The molecule has 2 bridgehead atoms. The van der Waals surface area contributed by atoms with Crippen LogP contribution in [0.4, 0.5) is 5.69 Å². The van der Waals surface area contributed by atoms with Crippen LogP contribution in [0.5, 0.6) is 0 Å². The first-order valence-corrected chi connectivity index (χ1v) is 11.2. The van der Waals surface area contributed by atoms with Gasteiger partial charge in [-0.2, -0.15) is 0 Å². The van der Waals surface area contributed by atoms with E-state index in [0.717, 1.165) is 46.5 Å². The number of amides is 1. The maximum atomic E-state index is 14.0. The molecule has 1 fully saturated rings. The molecule has 1 saturated carbocycles. The van der Waals surface area contributed by atoms with E-state index >= 15 is 0 Å². The van der Waals surface area contributed by atoms with Crippen molar-refractivity contribution in [3.05, 3.63) is 64.0 Å². The van der Waals surface area contributed by atoms with Crippen molar-refractivity contribution in [1.82, 2.24) is 9.97 Å². The van der Waals surface area contributed by atoms with Gasteiger partial charge in [-0.25, -0.2) is 9.97 Å². The summed E-state index contributed by atoms with van der Waals surface area (Å²) in [6, 6.07) is 10.4. The third kappa shape index (κ3) is 2.39. The number of hydrogen-bond acceptors (Lipinski definition) is 3. The molecule has 0 saturated heterocycles. The lowest BCUT2D eigenvalue weighted by Crippen LogP contribution is -2.48. The van der Waals surface area contributed by atoms with Crippen molar-refractivity contribution >= 4 is 22.6 Å². The molecule has 1 amide bonds. The van der Waals surface area contributed by atoms with Gasteiger partial charge in [0.15, 0.2) is 0 Å². The Bertz CT molecular complexity index is 1280. The number of benzene rings is 2. The van der Waals surface area contributed by atoms with Crippen LogP contribution in [0, 0.1) is 33.1 Å². The number of nitrogens with zero attached hydrogens (tertiary/aromatic N) is 2. The molecule has 0 radical (unpaired) electrons. The number of nitrogens with one attached hydrogen (secondary N) is 1. The van der Waals surface area contributed by atoms with Crippen molar-refractivity contribution in [2.75, 3.05) is 5.32 Å². The maximum absolute atomic E-state index is 14.0. The molecule has 2 aromatic carbocycles. The highest BCUT2D eigenvalue weighted by Gasteiger charge is 2.73. The Morgan fingerprint density at radius 3 is 2.06 bits per heavy atom. The average molecular weight is 414 g/mol. The Labute approximate surface area is 184 Å². The summed E-state index contributed by atoms with van der Waals surface area (Å²) in [6.45, 7) is 15.1. The minimum absolute atomic E-state index is 0.0458. The largest absolute Gasteiger partial charge is 0.325 e. The molecule has 4 nitrogen and oxygen atoms in total. The van der Waals surface area contributed by atoms with Gasteiger partial charge in [0, 0.05) is 11.1 Å². The van der Waals surface area contributed by atoms with Crippen molar-refractivity contribution in [3.63, 3.8) is 0 Å². The van der Waals surface area contributed by atoms with E-state index in [1.807, 2.05) is 19.1 Å². The van der Waals surface area contributed by atoms with Gasteiger partial charge in [0.2, 0.25) is 5.91 Å². The van der Waals surface area contributed by atoms with Gasteiger partial charge in [-0.05, 0) is 80.8 Å². The van der Waals surface area contributed by atoms with Gasteiger partial charge in [-0.1, -0.05) is 38.5 Å². The number of hydrogen-bond donors (Lipinski definition) is 1. The first kappa shape index (κ1) is 20.2. The summed E-state index contributed by atoms with van der Waals surface area (Å²) in [7, 11) is 0. The normalized spacial score (nSPS) is 25.6. The smallest absolute Gasteiger partial charge is 0.237 e. The summed E-state index contributed by atoms with van der Waals surface area (Å²) < 4.78 is 0. The van der Waals surface area contributed by atoms with Crippen LogP contribution in [0.1, 0.15) is 67.3 Å². The van der Waals surface area contributed by atoms with Gasteiger partial charge in [0.1, 0.15) is 0 Å². The highest BCUT2D eigenvalue weighted by Crippen LogP contribution is 2.70. The molecular formula is C27H31N3O. The lowest BCUT2D eigenvalue weighted by molar-refractivity contribution is -0.125. The minimum Gasteiger partial charge on any atom is -0.325 e. The first-order valence-electron chi connectivity index (χ1n) is 11.2.